The van der Waals surface area contributed by atoms with Gasteiger partial charge in [0.25, 0.3) is 5.91 Å². The molecule has 200 valence electrons. The molecule has 13 heteroatoms. The third-order valence-corrected chi connectivity index (χ3v) is 6.66. The number of rotatable bonds is 10. The molecule has 0 saturated carbocycles. The van der Waals surface area contributed by atoms with Crippen molar-refractivity contribution >= 4 is 39.0 Å². The highest BCUT2D eigenvalue weighted by Crippen LogP contribution is 2.24. The van der Waals surface area contributed by atoms with Crippen molar-refractivity contribution in [3.05, 3.63) is 71.5 Å². The van der Waals surface area contributed by atoms with Crippen molar-refractivity contribution in [2.24, 2.45) is 5.14 Å². The lowest BCUT2D eigenvalue weighted by Crippen LogP contribution is -2.26. The lowest BCUT2D eigenvalue weighted by atomic mass is 10.2. The number of primary sulfonamides is 1. The van der Waals surface area contributed by atoms with Gasteiger partial charge in [-0.1, -0.05) is 30.3 Å². The molecule has 38 heavy (non-hydrogen) atoms. The molecule has 2 amide bonds. The molecule has 2 heterocycles. The van der Waals surface area contributed by atoms with Crippen molar-refractivity contribution in [3.63, 3.8) is 0 Å². The van der Waals surface area contributed by atoms with E-state index in [1.807, 2.05) is 37.3 Å². The van der Waals surface area contributed by atoms with E-state index in [0.717, 1.165) is 5.56 Å². The van der Waals surface area contributed by atoms with Crippen LogP contribution in [0.15, 0.2) is 59.5 Å². The molecule has 4 rings (SSSR count). The smallest absolute Gasteiger partial charge is 0.407 e. The van der Waals surface area contributed by atoms with E-state index < -0.39 is 22.0 Å². The van der Waals surface area contributed by atoms with E-state index in [2.05, 4.69) is 20.7 Å². The molecule has 0 unspecified atom stereocenters. The lowest BCUT2D eigenvalue weighted by Gasteiger charge is -2.11. The van der Waals surface area contributed by atoms with Gasteiger partial charge >= 0.3 is 6.09 Å². The molecule has 0 spiro atoms. The molecule has 2 aromatic carbocycles. The number of fused-ring (bicyclic) bond motifs is 1. The second kappa shape index (κ2) is 11.4. The SMILES string of the molecule is CCn1nc(C)cc1C(=O)Nc1nc2cc(S(N)(=O)=O)ccc2n1CCCNC(=O)OCc1ccccc1. The fourth-order valence-electron chi connectivity index (χ4n) is 3.95. The molecule has 12 nitrogen and oxygen atoms in total. The summed E-state index contributed by atoms with van der Waals surface area (Å²) in [6.07, 6.45) is -0.0589. The van der Waals surface area contributed by atoms with Gasteiger partial charge in [0.05, 0.1) is 21.6 Å². The summed E-state index contributed by atoms with van der Waals surface area (Å²) in [7, 11) is -3.94. The number of anilines is 1. The van der Waals surface area contributed by atoms with Crippen molar-refractivity contribution in [2.75, 3.05) is 11.9 Å². The Bertz CT molecular complexity index is 1560. The number of nitrogens with zero attached hydrogens (tertiary/aromatic N) is 4. The van der Waals surface area contributed by atoms with Gasteiger partial charge in [-0.25, -0.2) is 23.3 Å². The maximum absolute atomic E-state index is 13.1. The standard InChI is InChI=1S/C25H29N7O5S/c1-3-32-22(14-17(2)30-32)23(33)29-24-28-20-15-19(38(26,35)36)10-11-21(20)31(24)13-7-12-27-25(34)37-16-18-8-5-4-6-9-18/h4-6,8-11,14-15H,3,7,12-13,16H2,1-2H3,(H,27,34)(H2,26,35,36)(H,28,29,33). The molecule has 0 bridgehead atoms. The van der Waals surface area contributed by atoms with Crippen LogP contribution >= 0.6 is 0 Å². The fraction of sp³-hybridized carbons (Fsp3) is 0.280. The largest absolute Gasteiger partial charge is 0.445 e. The van der Waals surface area contributed by atoms with Crippen LogP contribution in [0.3, 0.4) is 0 Å². The number of amides is 2. The summed E-state index contributed by atoms with van der Waals surface area (Å²) < 4.78 is 32.2. The molecule has 2 aromatic heterocycles. The van der Waals surface area contributed by atoms with Crippen LogP contribution in [-0.4, -0.2) is 46.3 Å². The first-order chi connectivity index (χ1) is 18.2. The Hall–Kier alpha value is -4.23. The van der Waals surface area contributed by atoms with Crippen LogP contribution in [0.5, 0.6) is 0 Å². The fourth-order valence-corrected chi connectivity index (χ4v) is 4.48. The van der Waals surface area contributed by atoms with Crippen molar-refractivity contribution in [2.45, 2.75) is 44.9 Å². The van der Waals surface area contributed by atoms with Gasteiger partial charge in [0, 0.05) is 19.6 Å². The highest BCUT2D eigenvalue weighted by molar-refractivity contribution is 7.89. The molecule has 0 aliphatic heterocycles. The minimum Gasteiger partial charge on any atom is -0.445 e. The Labute approximate surface area is 219 Å². The number of carbonyl (C=O) groups is 2. The Balaban J connectivity index is 1.49. The number of nitrogens with one attached hydrogen (secondary N) is 2. The summed E-state index contributed by atoms with van der Waals surface area (Å²) in [6.45, 7) is 5.02. The zero-order valence-corrected chi connectivity index (χ0v) is 21.9. The number of imidazole rings is 1. The maximum Gasteiger partial charge on any atom is 0.407 e. The quantitative estimate of drug-likeness (QED) is 0.261. The average molecular weight is 540 g/mol. The topological polar surface area (TPSA) is 163 Å². The molecule has 4 aromatic rings. The number of nitrogens with two attached hydrogens (primary N) is 1. The van der Waals surface area contributed by atoms with Gasteiger partial charge in [-0.2, -0.15) is 5.10 Å². The summed E-state index contributed by atoms with van der Waals surface area (Å²) in [5.41, 5.74) is 2.90. The monoisotopic (exact) mass is 539 g/mol. The van der Waals surface area contributed by atoms with Crippen LogP contribution in [-0.2, 0) is 34.5 Å². The van der Waals surface area contributed by atoms with E-state index in [1.165, 1.54) is 12.1 Å². The van der Waals surface area contributed by atoms with E-state index in [4.69, 9.17) is 9.88 Å². The first-order valence-electron chi connectivity index (χ1n) is 12.0. The highest BCUT2D eigenvalue weighted by Gasteiger charge is 2.19. The van der Waals surface area contributed by atoms with Gasteiger partial charge in [0.1, 0.15) is 12.3 Å². The molecule has 4 N–H and O–H groups in total. The second-order valence-electron chi connectivity index (χ2n) is 8.57. The molecule has 0 atom stereocenters. The second-order valence-corrected chi connectivity index (χ2v) is 10.1. The van der Waals surface area contributed by atoms with Gasteiger partial charge in [0.15, 0.2) is 0 Å². The summed E-state index contributed by atoms with van der Waals surface area (Å²) in [4.78, 5) is 29.5. The number of hydrogen-bond donors (Lipinski definition) is 3. The first-order valence-corrected chi connectivity index (χ1v) is 13.5. The zero-order valence-electron chi connectivity index (χ0n) is 21.0. The van der Waals surface area contributed by atoms with Crippen LogP contribution < -0.4 is 15.8 Å². The Kier molecular flexibility index (Phi) is 8.08. The maximum atomic E-state index is 13.1. The van der Waals surface area contributed by atoms with E-state index in [0.29, 0.717) is 48.5 Å². The van der Waals surface area contributed by atoms with Crippen molar-refractivity contribution in [1.29, 1.82) is 0 Å². The van der Waals surface area contributed by atoms with Gasteiger partial charge in [-0.15, -0.1) is 0 Å². The lowest BCUT2D eigenvalue weighted by molar-refractivity contribution is 0.101. The number of aryl methyl sites for hydroxylation is 3. The van der Waals surface area contributed by atoms with Crippen LogP contribution in [0.2, 0.25) is 0 Å². The van der Waals surface area contributed by atoms with E-state index in [-0.39, 0.29) is 17.5 Å². The molecule has 0 aliphatic rings. The Morgan fingerprint density at radius 1 is 1.11 bits per heavy atom. The molecule has 0 radical (unpaired) electrons. The third-order valence-electron chi connectivity index (χ3n) is 5.75. The zero-order chi connectivity index (χ0) is 27.3. The number of sulfonamides is 1. The number of carbonyl (C=O) groups excluding carboxylic acids is 2. The van der Waals surface area contributed by atoms with Crippen LogP contribution in [0.1, 0.15) is 35.1 Å². The first kappa shape index (κ1) is 26.8. The summed E-state index contributed by atoms with van der Waals surface area (Å²) in [6, 6.07) is 15.3. The van der Waals surface area contributed by atoms with Gasteiger partial charge < -0.3 is 14.6 Å². The van der Waals surface area contributed by atoms with Gasteiger partial charge in [-0.05, 0) is 50.1 Å². The third kappa shape index (κ3) is 6.36. The van der Waals surface area contributed by atoms with Crippen LogP contribution in [0.4, 0.5) is 10.7 Å². The van der Waals surface area contributed by atoms with E-state index in [9.17, 15) is 18.0 Å². The van der Waals surface area contributed by atoms with E-state index >= 15 is 0 Å². The van der Waals surface area contributed by atoms with Crippen molar-refractivity contribution in [3.8, 4) is 0 Å². The Morgan fingerprint density at radius 2 is 1.87 bits per heavy atom. The van der Waals surface area contributed by atoms with Gasteiger partial charge in [0.2, 0.25) is 16.0 Å². The predicted molar refractivity (Wildman–Crippen MR) is 141 cm³/mol. The molecule has 0 fully saturated rings. The average Bonchev–Trinajstić information content (AvgIpc) is 3.44. The van der Waals surface area contributed by atoms with Gasteiger partial charge in [-0.3, -0.25) is 14.8 Å². The number of benzene rings is 2. The summed E-state index contributed by atoms with van der Waals surface area (Å²) in [5.74, 6) is -0.178. The van der Waals surface area contributed by atoms with E-state index in [1.54, 1.807) is 28.3 Å². The minimum absolute atomic E-state index is 0.0879. The van der Waals surface area contributed by atoms with Crippen LogP contribution in [0, 0.1) is 6.92 Å². The molecule has 0 aliphatic carbocycles. The summed E-state index contributed by atoms with van der Waals surface area (Å²) >= 11 is 0. The molecular formula is C25H29N7O5S. The highest BCUT2D eigenvalue weighted by atomic mass is 32.2. The number of aromatic nitrogens is 4. The summed E-state index contributed by atoms with van der Waals surface area (Å²) in [5, 5.41) is 15.1. The molecule has 0 saturated heterocycles. The number of hydrogen-bond acceptors (Lipinski definition) is 7. The number of alkyl carbamates (subject to hydrolysis) is 1. The normalized spacial score (nSPS) is 11.4. The number of ether oxygens (including phenoxy) is 1. The Morgan fingerprint density at radius 3 is 2.58 bits per heavy atom. The van der Waals surface area contributed by atoms with Crippen molar-refractivity contribution in [1.82, 2.24) is 24.6 Å². The predicted octanol–water partition coefficient (Wildman–Crippen LogP) is 2.78. The molecular weight excluding hydrogens is 510 g/mol. The van der Waals surface area contributed by atoms with Crippen molar-refractivity contribution < 1.29 is 22.7 Å². The minimum atomic E-state index is -3.94. The van der Waals surface area contributed by atoms with Crippen LogP contribution in [0.25, 0.3) is 11.0 Å².